The van der Waals surface area contributed by atoms with E-state index in [1.54, 1.807) is 6.07 Å². The highest BCUT2D eigenvalue weighted by Crippen LogP contribution is 2.16. The average Bonchev–Trinajstić information content (AvgIpc) is 2.21. The third-order valence-electron chi connectivity index (χ3n) is 2.10. The van der Waals surface area contributed by atoms with E-state index in [0.29, 0.717) is 5.56 Å². The van der Waals surface area contributed by atoms with E-state index in [1.807, 2.05) is 19.1 Å². The van der Waals surface area contributed by atoms with Crippen LogP contribution in [0.1, 0.15) is 30.9 Å². The number of aryl methyl sites for hydroxylation is 1. The van der Waals surface area contributed by atoms with Crippen LogP contribution < -0.4 is 4.74 Å². The number of hydrogen-bond acceptors (Lipinski definition) is 2. The lowest BCUT2D eigenvalue weighted by atomic mass is 10.1. The summed E-state index contributed by atoms with van der Waals surface area (Å²) in [5.74, 6) is 0.792. The molecule has 2 heteroatoms. The standard InChI is InChI=1S/C12H15NO/c1-3-4-7-14-12-6-5-10(2)11(8-12)9-13/h5-6,8H,3-4,7H2,1-2H3. The summed E-state index contributed by atoms with van der Waals surface area (Å²) in [6.07, 6.45) is 2.17. The summed E-state index contributed by atoms with van der Waals surface area (Å²) in [6.45, 7) is 4.78. The molecule has 0 spiro atoms. The molecule has 0 fully saturated rings. The molecule has 0 saturated heterocycles. The number of benzene rings is 1. The summed E-state index contributed by atoms with van der Waals surface area (Å²) >= 11 is 0. The zero-order valence-corrected chi connectivity index (χ0v) is 8.71. The molecular weight excluding hydrogens is 174 g/mol. The number of ether oxygens (including phenoxy) is 1. The number of nitriles is 1. The van der Waals surface area contributed by atoms with E-state index < -0.39 is 0 Å². The highest BCUT2D eigenvalue weighted by atomic mass is 16.5. The smallest absolute Gasteiger partial charge is 0.120 e. The first-order valence-electron chi connectivity index (χ1n) is 4.91. The van der Waals surface area contributed by atoms with Crippen LogP contribution in [0, 0.1) is 18.3 Å². The summed E-state index contributed by atoms with van der Waals surface area (Å²) in [6, 6.07) is 7.77. The maximum Gasteiger partial charge on any atom is 0.120 e. The molecule has 0 saturated carbocycles. The van der Waals surface area contributed by atoms with Gasteiger partial charge in [0.15, 0.2) is 0 Å². The third-order valence-corrected chi connectivity index (χ3v) is 2.10. The first-order chi connectivity index (χ1) is 6.77. The fourth-order valence-corrected chi connectivity index (χ4v) is 1.15. The van der Waals surface area contributed by atoms with Crippen molar-refractivity contribution in [3.05, 3.63) is 29.3 Å². The number of nitrogens with zero attached hydrogens (tertiary/aromatic N) is 1. The summed E-state index contributed by atoms with van der Waals surface area (Å²) in [4.78, 5) is 0. The van der Waals surface area contributed by atoms with E-state index in [1.165, 1.54) is 0 Å². The minimum absolute atomic E-state index is 0.694. The predicted molar refractivity (Wildman–Crippen MR) is 56.3 cm³/mol. The highest BCUT2D eigenvalue weighted by molar-refractivity contribution is 5.42. The van der Waals surface area contributed by atoms with Crippen LogP contribution in [-0.2, 0) is 0 Å². The largest absolute Gasteiger partial charge is 0.494 e. The lowest BCUT2D eigenvalue weighted by Gasteiger charge is -2.06. The third kappa shape index (κ3) is 2.77. The molecule has 1 rings (SSSR count). The highest BCUT2D eigenvalue weighted by Gasteiger charge is 1.99. The summed E-state index contributed by atoms with van der Waals surface area (Å²) in [5, 5.41) is 8.81. The number of rotatable bonds is 4. The van der Waals surface area contributed by atoms with Crippen LogP contribution in [0.3, 0.4) is 0 Å². The van der Waals surface area contributed by atoms with Crippen LogP contribution in [0.25, 0.3) is 0 Å². The molecule has 0 amide bonds. The van der Waals surface area contributed by atoms with E-state index in [4.69, 9.17) is 10.00 Å². The second kappa shape index (κ2) is 5.29. The molecular formula is C12H15NO. The van der Waals surface area contributed by atoms with Gasteiger partial charge in [-0.25, -0.2) is 0 Å². The molecule has 2 nitrogen and oxygen atoms in total. The normalized spacial score (nSPS) is 9.50. The summed E-state index contributed by atoms with van der Waals surface area (Å²) < 4.78 is 5.49. The van der Waals surface area contributed by atoms with Gasteiger partial charge in [0.2, 0.25) is 0 Å². The minimum Gasteiger partial charge on any atom is -0.494 e. The zero-order valence-electron chi connectivity index (χ0n) is 8.71. The Bertz CT molecular complexity index is 339. The van der Waals surface area contributed by atoms with Crippen LogP contribution >= 0.6 is 0 Å². The Kier molecular flexibility index (Phi) is 4.00. The van der Waals surface area contributed by atoms with E-state index >= 15 is 0 Å². The molecule has 14 heavy (non-hydrogen) atoms. The SMILES string of the molecule is CCCCOc1ccc(C)c(C#N)c1. The first-order valence-corrected chi connectivity index (χ1v) is 4.91. The van der Waals surface area contributed by atoms with Crippen molar-refractivity contribution >= 4 is 0 Å². The molecule has 1 aromatic rings. The Morgan fingerprint density at radius 3 is 2.86 bits per heavy atom. The molecule has 0 aliphatic carbocycles. The van der Waals surface area contributed by atoms with Crippen molar-refractivity contribution in [1.82, 2.24) is 0 Å². The van der Waals surface area contributed by atoms with Gasteiger partial charge in [-0.1, -0.05) is 19.4 Å². The van der Waals surface area contributed by atoms with Gasteiger partial charge in [-0.15, -0.1) is 0 Å². The molecule has 0 radical (unpaired) electrons. The monoisotopic (exact) mass is 189 g/mol. The van der Waals surface area contributed by atoms with Crippen molar-refractivity contribution < 1.29 is 4.74 Å². The van der Waals surface area contributed by atoms with Gasteiger partial charge in [-0.05, 0) is 31.0 Å². The van der Waals surface area contributed by atoms with Gasteiger partial charge >= 0.3 is 0 Å². The average molecular weight is 189 g/mol. The molecule has 74 valence electrons. The van der Waals surface area contributed by atoms with Crippen LogP contribution in [0.4, 0.5) is 0 Å². The molecule has 0 unspecified atom stereocenters. The van der Waals surface area contributed by atoms with Gasteiger partial charge in [0.1, 0.15) is 5.75 Å². The quantitative estimate of drug-likeness (QED) is 0.682. The molecule has 0 aromatic heterocycles. The molecule has 0 N–H and O–H groups in total. The summed E-state index contributed by atoms with van der Waals surface area (Å²) in [7, 11) is 0. The second-order valence-electron chi connectivity index (χ2n) is 3.29. The van der Waals surface area contributed by atoms with E-state index in [-0.39, 0.29) is 0 Å². The lowest BCUT2D eigenvalue weighted by molar-refractivity contribution is 0.309. The van der Waals surface area contributed by atoms with Gasteiger partial charge in [0, 0.05) is 0 Å². The molecule has 0 bridgehead atoms. The van der Waals surface area contributed by atoms with Crippen molar-refractivity contribution in [1.29, 1.82) is 5.26 Å². The predicted octanol–water partition coefficient (Wildman–Crippen LogP) is 3.05. The van der Waals surface area contributed by atoms with E-state index in [9.17, 15) is 0 Å². The van der Waals surface area contributed by atoms with Gasteiger partial charge in [-0.3, -0.25) is 0 Å². The van der Waals surface area contributed by atoms with Crippen LogP contribution in [0.15, 0.2) is 18.2 Å². The second-order valence-corrected chi connectivity index (χ2v) is 3.29. The Morgan fingerprint density at radius 2 is 2.21 bits per heavy atom. The van der Waals surface area contributed by atoms with Crippen molar-refractivity contribution in [3.8, 4) is 11.8 Å². The minimum atomic E-state index is 0.694. The van der Waals surface area contributed by atoms with Crippen LogP contribution in [-0.4, -0.2) is 6.61 Å². The first kappa shape index (κ1) is 10.6. The van der Waals surface area contributed by atoms with E-state index in [2.05, 4.69) is 13.0 Å². The van der Waals surface area contributed by atoms with Gasteiger partial charge in [0.05, 0.1) is 18.2 Å². The Hall–Kier alpha value is -1.49. The summed E-state index contributed by atoms with van der Waals surface area (Å²) in [5.41, 5.74) is 1.69. The zero-order chi connectivity index (χ0) is 10.4. The van der Waals surface area contributed by atoms with Gasteiger partial charge < -0.3 is 4.74 Å². The van der Waals surface area contributed by atoms with Gasteiger partial charge in [0.25, 0.3) is 0 Å². The molecule has 0 heterocycles. The topological polar surface area (TPSA) is 33.0 Å². The lowest BCUT2D eigenvalue weighted by Crippen LogP contribution is -1.97. The van der Waals surface area contributed by atoms with Crippen LogP contribution in [0.5, 0.6) is 5.75 Å². The van der Waals surface area contributed by atoms with E-state index in [0.717, 1.165) is 30.8 Å². The van der Waals surface area contributed by atoms with Crippen molar-refractivity contribution in [2.75, 3.05) is 6.61 Å². The Morgan fingerprint density at radius 1 is 1.43 bits per heavy atom. The van der Waals surface area contributed by atoms with Crippen molar-refractivity contribution in [2.45, 2.75) is 26.7 Å². The molecule has 1 aromatic carbocycles. The van der Waals surface area contributed by atoms with Crippen LogP contribution in [0.2, 0.25) is 0 Å². The molecule has 0 aliphatic rings. The Balaban J connectivity index is 2.66. The molecule has 0 atom stereocenters. The van der Waals surface area contributed by atoms with Crippen molar-refractivity contribution in [2.24, 2.45) is 0 Å². The number of hydrogen-bond donors (Lipinski definition) is 0. The fourth-order valence-electron chi connectivity index (χ4n) is 1.15. The maximum absolute atomic E-state index is 8.81. The molecule has 0 aliphatic heterocycles. The fraction of sp³-hybridized carbons (Fsp3) is 0.417. The maximum atomic E-state index is 8.81. The van der Waals surface area contributed by atoms with Gasteiger partial charge in [-0.2, -0.15) is 5.26 Å². The number of unbranched alkanes of at least 4 members (excludes halogenated alkanes) is 1. The van der Waals surface area contributed by atoms with Crippen molar-refractivity contribution in [3.63, 3.8) is 0 Å². The Labute approximate surface area is 85.1 Å².